The van der Waals surface area contributed by atoms with Crippen molar-refractivity contribution in [1.82, 2.24) is 5.32 Å². The Morgan fingerprint density at radius 2 is 1.89 bits per heavy atom. The fourth-order valence-electron chi connectivity index (χ4n) is 1.64. The predicted octanol–water partition coefficient (Wildman–Crippen LogP) is 1.84. The van der Waals surface area contributed by atoms with Crippen LogP contribution < -0.4 is 5.32 Å². The first-order chi connectivity index (χ1) is 8.71. The van der Waals surface area contributed by atoms with E-state index in [1.165, 1.54) is 18.2 Å². The Bertz CT molecular complexity index is 485. The Kier molecular flexibility index (Phi) is 4.52. The number of aliphatic carboxylic acids is 1. The summed E-state index contributed by atoms with van der Waals surface area (Å²) >= 11 is 0. The maximum atomic E-state index is 12.7. The van der Waals surface area contributed by atoms with Gasteiger partial charge in [0.25, 0.3) is 0 Å². The van der Waals surface area contributed by atoms with E-state index in [0.29, 0.717) is 0 Å². The number of carboxylic acid groups (broad SMARTS) is 1. The number of carboxylic acids is 1. The van der Waals surface area contributed by atoms with Crippen LogP contribution in [0.2, 0.25) is 0 Å². The fourth-order valence-corrected chi connectivity index (χ4v) is 1.64. The average molecular weight is 275 g/mol. The molecule has 1 rings (SSSR count). The van der Waals surface area contributed by atoms with E-state index in [0.717, 1.165) is 13.0 Å². The monoisotopic (exact) mass is 275 g/mol. The van der Waals surface area contributed by atoms with Crippen molar-refractivity contribution in [2.24, 2.45) is 0 Å². The van der Waals surface area contributed by atoms with Gasteiger partial charge in [0.1, 0.15) is 6.04 Å². The van der Waals surface area contributed by atoms with E-state index in [9.17, 15) is 22.8 Å². The lowest BCUT2D eigenvalue weighted by atomic mass is 10.00. The molecule has 0 saturated heterocycles. The number of carbonyl (C=O) groups is 2. The van der Waals surface area contributed by atoms with Gasteiger partial charge in [0.2, 0.25) is 5.91 Å². The van der Waals surface area contributed by atoms with Crippen LogP contribution in [-0.2, 0) is 22.2 Å². The Labute approximate surface area is 107 Å². The SMILES string of the molecule is CC(=O)N[C@@H](Cc1ccccc1C(F)(F)F)C(=O)O. The third kappa shape index (κ3) is 4.27. The van der Waals surface area contributed by atoms with Crippen LogP contribution in [0.5, 0.6) is 0 Å². The molecule has 0 saturated carbocycles. The number of benzene rings is 1. The molecule has 0 fully saturated rings. The molecule has 7 heteroatoms. The zero-order chi connectivity index (χ0) is 14.6. The van der Waals surface area contributed by atoms with Crippen LogP contribution in [0.4, 0.5) is 13.2 Å². The molecule has 19 heavy (non-hydrogen) atoms. The van der Waals surface area contributed by atoms with Crippen LogP contribution in [0.15, 0.2) is 24.3 Å². The van der Waals surface area contributed by atoms with Gasteiger partial charge in [-0.2, -0.15) is 13.2 Å². The van der Waals surface area contributed by atoms with E-state index in [1.54, 1.807) is 0 Å². The van der Waals surface area contributed by atoms with Gasteiger partial charge in [0.05, 0.1) is 5.56 Å². The Balaban J connectivity index is 3.03. The van der Waals surface area contributed by atoms with E-state index in [2.05, 4.69) is 5.32 Å². The molecule has 1 atom stereocenters. The highest BCUT2D eigenvalue weighted by molar-refractivity contribution is 5.82. The summed E-state index contributed by atoms with van der Waals surface area (Å²) in [6.45, 7) is 1.10. The molecule has 0 aliphatic heterocycles. The molecule has 0 aliphatic carbocycles. The molecule has 0 radical (unpaired) electrons. The minimum Gasteiger partial charge on any atom is -0.480 e. The number of amides is 1. The van der Waals surface area contributed by atoms with Crippen LogP contribution in [0.25, 0.3) is 0 Å². The first kappa shape index (κ1) is 15.0. The standard InChI is InChI=1S/C12H12F3NO3/c1-7(17)16-10(11(18)19)6-8-4-2-3-5-9(8)12(13,14)15/h2-5,10H,6H2,1H3,(H,16,17)(H,18,19)/t10-/m0/s1. The summed E-state index contributed by atoms with van der Waals surface area (Å²) in [5.41, 5.74) is -1.07. The minimum atomic E-state index is -4.56. The van der Waals surface area contributed by atoms with E-state index in [-0.39, 0.29) is 5.56 Å². The highest BCUT2D eigenvalue weighted by atomic mass is 19.4. The Hall–Kier alpha value is -2.05. The van der Waals surface area contributed by atoms with Crippen molar-refractivity contribution in [1.29, 1.82) is 0 Å². The molecule has 1 aromatic carbocycles. The van der Waals surface area contributed by atoms with Crippen molar-refractivity contribution in [3.63, 3.8) is 0 Å². The number of hydrogen-bond acceptors (Lipinski definition) is 2. The van der Waals surface area contributed by atoms with Crippen LogP contribution >= 0.6 is 0 Å². The zero-order valence-corrected chi connectivity index (χ0v) is 9.99. The van der Waals surface area contributed by atoms with Gasteiger partial charge >= 0.3 is 12.1 Å². The third-order valence-electron chi connectivity index (χ3n) is 2.42. The summed E-state index contributed by atoms with van der Waals surface area (Å²) in [5.74, 6) is -2.00. The summed E-state index contributed by atoms with van der Waals surface area (Å²) in [7, 11) is 0. The van der Waals surface area contributed by atoms with Crippen molar-refractivity contribution in [2.45, 2.75) is 25.6 Å². The summed E-state index contributed by atoms with van der Waals surface area (Å²) in [5, 5.41) is 11.0. The van der Waals surface area contributed by atoms with Gasteiger partial charge in [-0.25, -0.2) is 4.79 Å². The molecule has 0 aliphatic rings. The van der Waals surface area contributed by atoms with Gasteiger partial charge in [-0.3, -0.25) is 4.79 Å². The molecule has 1 aromatic rings. The van der Waals surface area contributed by atoms with Gasteiger partial charge in [-0.05, 0) is 11.6 Å². The number of hydrogen-bond donors (Lipinski definition) is 2. The van der Waals surface area contributed by atoms with Gasteiger partial charge in [0.15, 0.2) is 0 Å². The van der Waals surface area contributed by atoms with Crippen molar-refractivity contribution in [3.8, 4) is 0 Å². The van der Waals surface area contributed by atoms with Gasteiger partial charge in [-0.1, -0.05) is 18.2 Å². The molecule has 0 spiro atoms. The van der Waals surface area contributed by atoms with E-state index in [4.69, 9.17) is 5.11 Å². The summed E-state index contributed by atoms with van der Waals surface area (Å²) in [6.07, 6.45) is -4.99. The Morgan fingerprint density at radius 3 is 2.37 bits per heavy atom. The molecular weight excluding hydrogens is 263 g/mol. The fraction of sp³-hybridized carbons (Fsp3) is 0.333. The maximum absolute atomic E-state index is 12.7. The molecule has 4 nitrogen and oxygen atoms in total. The lowest BCUT2D eigenvalue weighted by Gasteiger charge is -2.17. The van der Waals surface area contributed by atoms with Crippen LogP contribution in [0, 0.1) is 0 Å². The van der Waals surface area contributed by atoms with E-state index < -0.39 is 36.1 Å². The summed E-state index contributed by atoms with van der Waals surface area (Å²) < 4.78 is 38.2. The van der Waals surface area contributed by atoms with Crippen molar-refractivity contribution in [3.05, 3.63) is 35.4 Å². The second kappa shape index (κ2) is 5.73. The lowest BCUT2D eigenvalue weighted by molar-refractivity contribution is -0.142. The number of rotatable bonds is 4. The molecule has 2 N–H and O–H groups in total. The predicted molar refractivity (Wildman–Crippen MR) is 60.4 cm³/mol. The van der Waals surface area contributed by atoms with Crippen LogP contribution in [0.3, 0.4) is 0 Å². The van der Waals surface area contributed by atoms with E-state index in [1.807, 2.05) is 0 Å². The Morgan fingerprint density at radius 1 is 1.32 bits per heavy atom. The molecule has 0 unspecified atom stereocenters. The second-order valence-corrected chi connectivity index (χ2v) is 3.95. The van der Waals surface area contributed by atoms with Crippen molar-refractivity contribution < 1.29 is 27.9 Å². The molecule has 104 valence electrons. The number of halogens is 3. The zero-order valence-electron chi connectivity index (χ0n) is 9.99. The maximum Gasteiger partial charge on any atom is 0.416 e. The molecular formula is C12H12F3NO3. The van der Waals surface area contributed by atoms with Gasteiger partial charge in [-0.15, -0.1) is 0 Å². The topological polar surface area (TPSA) is 66.4 Å². The second-order valence-electron chi connectivity index (χ2n) is 3.95. The average Bonchev–Trinajstić information content (AvgIpc) is 2.26. The third-order valence-corrected chi connectivity index (χ3v) is 2.42. The normalized spacial score (nSPS) is 12.8. The van der Waals surface area contributed by atoms with Crippen LogP contribution in [-0.4, -0.2) is 23.0 Å². The molecule has 1 amide bonds. The first-order valence-corrected chi connectivity index (χ1v) is 5.37. The first-order valence-electron chi connectivity index (χ1n) is 5.37. The number of nitrogens with one attached hydrogen (secondary N) is 1. The van der Waals surface area contributed by atoms with Gasteiger partial charge < -0.3 is 10.4 Å². The van der Waals surface area contributed by atoms with Gasteiger partial charge in [0, 0.05) is 13.3 Å². The number of carbonyl (C=O) groups excluding carboxylic acids is 1. The van der Waals surface area contributed by atoms with Crippen molar-refractivity contribution in [2.75, 3.05) is 0 Å². The largest absolute Gasteiger partial charge is 0.480 e. The molecule has 0 aromatic heterocycles. The molecule has 0 heterocycles. The highest BCUT2D eigenvalue weighted by Crippen LogP contribution is 2.32. The molecule has 0 bridgehead atoms. The van der Waals surface area contributed by atoms with Crippen LogP contribution in [0.1, 0.15) is 18.1 Å². The minimum absolute atomic E-state index is 0.170. The summed E-state index contributed by atoms with van der Waals surface area (Å²) in [6, 6.07) is 3.29. The van der Waals surface area contributed by atoms with Crippen molar-refractivity contribution >= 4 is 11.9 Å². The quantitative estimate of drug-likeness (QED) is 0.881. The smallest absolute Gasteiger partial charge is 0.416 e. The highest BCUT2D eigenvalue weighted by Gasteiger charge is 2.34. The summed E-state index contributed by atoms with van der Waals surface area (Å²) in [4.78, 5) is 21.7. The van der Waals surface area contributed by atoms with E-state index >= 15 is 0 Å². The number of alkyl halides is 3. The lowest BCUT2D eigenvalue weighted by Crippen LogP contribution is -2.41.